The largest absolute Gasteiger partial charge is 0.312 e. The predicted molar refractivity (Wildman–Crippen MR) is 72.4 cm³/mol. The van der Waals surface area contributed by atoms with Crippen LogP contribution in [0.1, 0.15) is 12.5 Å². The zero-order valence-corrected chi connectivity index (χ0v) is 12.1. The summed E-state index contributed by atoms with van der Waals surface area (Å²) in [6.45, 7) is 5.44. The smallest absolute Gasteiger partial charge is 0.243 e. The zero-order chi connectivity index (χ0) is 13.3. The van der Waals surface area contributed by atoms with Gasteiger partial charge in [0.05, 0.1) is 4.90 Å². The first-order valence-corrected chi connectivity index (χ1v) is 7.73. The highest BCUT2D eigenvalue weighted by Crippen LogP contribution is 2.24. The fourth-order valence-corrected chi connectivity index (χ4v) is 4.12. The molecule has 1 aliphatic heterocycles. The van der Waals surface area contributed by atoms with E-state index in [1.807, 2.05) is 6.92 Å². The van der Waals surface area contributed by atoms with Gasteiger partial charge in [-0.3, -0.25) is 0 Å². The van der Waals surface area contributed by atoms with Gasteiger partial charge in [-0.15, -0.1) is 0 Å². The van der Waals surface area contributed by atoms with Crippen molar-refractivity contribution in [1.82, 2.24) is 9.62 Å². The molecule has 100 valence electrons. The summed E-state index contributed by atoms with van der Waals surface area (Å²) in [5.41, 5.74) is 0.727. The molecule has 0 spiro atoms. The minimum absolute atomic E-state index is 0.174. The summed E-state index contributed by atoms with van der Waals surface area (Å²) in [6.07, 6.45) is 0. The summed E-state index contributed by atoms with van der Waals surface area (Å²) in [7, 11) is -3.44. The van der Waals surface area contributed by atoms with Crippen LogP contribution in [-0.2, 0) is 10.0 Å². The Morgan fingerprint density at radius 1 is 1.44 bits per heavy atom. The molecule has 1 aromatic carbocycles. The Hall–Kier alpha value is -0.620. The average Bonchev–Trinajstić information content (AvgIpc) is 2.32. The predicted octanol–water partition coefficient (Wildman–Crippen LogP) is 1.63. The van der Waals surface area contributed by atoms with Crippen molar-refractivity contribution in [3.8, 4) is 0 Å². The van der Waals surface area contributed by atoms with Crippen molar-refractivity contribution < 1.29 is 8.42 Å². The molecule has 18 heavy (non-hydrogen) atoms. The molecule has 0 saturated carbocycles. The lowest BCUT2D eigenvalue weighted by Gasteiger charge is -2.31. The van der Waals surface area contributed by atoms with E-state index in [9.17, 15) is 8.42 Å². The van der Waals surface area contributed by atoms with Crippen molar-refractivity contribution in [2.24, 2.45) is 0 Å². The fourth-order valence-electron chi connectivity index (χ4n) is 2.11. The first-order chi connectivity index (χ1) is 8.41. The number of nitrogens with zero attached hydrogens (tertiary/aromatic N) is 1. The Morgan fingerprint density at radius 3 is 2.83 bits per heavy atom. The minimum Gasteiger partial charge on any atom is -0.312 e. The summed E-state index contributed by atoms with van der Waals surface area (Å²) in [4.78, 5) is 0.309. The number of piperazine rings is 1. The van der Waals surface area contributed by atoms with Crippen LogP contribution < -0.4 is 5.32 Å². The molecule has 0 bridgehead atoms. The van der Waals surface area contributed by atoms with E-state index in [4.69, 9.17) is 11.6 Å². The van der Waals surface area contributed by atoms with Crippen LogP contribution in [0.4, 0.5) is 0 Å². The third-order valence-corrected chi connectivity index (χ3v) is 5.34. The van der Waals surface area contributed by atoms with Gasteiger partial charge in [0.25, 0.3) is 0 Å². The molecule has 1 atom stereocenters. The van der Waals surface area contributed by atoms with Gasteiger partial charge in [-0.1, -0.05) is 17.7 Å². The normalized spacial score (nSPS) is 22.1. The van der Waals surface area contributed by atoms with Crippen LogP contribution in [0, 0.1) is 6.92 Å². The molecule has 0 amide bonds. The molecular weight excluding hydrogens is 272 g/mol. The van der Waals surface area contributed by atoms with E-state index in [2.05, 4.69) is 5.32 Å². The number of halogens is 1. The maximum atomic E-state index is 12.5. The van der Waals surface area contributed by atoms with Gasteiger partial charge >= 0.3 is 0 Å². The molecule has 2 rings (SSSR count). The number of nitrogens with one attached hydrogen (secondary N) is 1. The van der Waals surface area contributed by atoms with Gasteiger partial charge in [0.2, 0.25) is 10.0 Å². The standard InChI is InChI=1S/C12H17ClN2O2S/c1-9-3-4-11(13)7-12(9)18(16,17)15-6-5-14-10(2)8-15/h3-4,7,10,14H,5-6,8H2,1-2H3/t10-/m1/s1. The molecular formula is C12H17ClN2O2S. The average molecular weight is 289 g/mol. The lowest BCUT2D eigenvalue weighted by Crippen LogP contribution is -2.51. The first kappa shape index (κ1) is 13.8. The van der Waals surface area contributed by atoms with Gasteiger partial charge in [0, 0.05) is 30.7 Å². The van der Waals surface area contributed by atoms with E-state index >= 15 is 0 Å². The first-order valence-electron chi connectivity index (χ1n) is 5.91. The quantitative estimate of drug-likeness (QED) is 0.900. The molecule has 1 fully saturated rings. The van der Waals surface area contributed by atoms with Gasteiger partial charge < -0.3 is 5.32 Å². The highest BCUT2D eigenvalue weighted by Gasteiger charge is 2.29. The second-order valence-corrected chi connectivity index (χ2v) is 6.97. The SMILES string of the molecule is Cc1ccc(Cl)cc1S(=O)(=O)N1CCN[C@H](C)C1. The van der Waals surface area contributed by atoms with Gasteiger partial charge in [-0.25, -0.2) is 8.42 Å². The fraction of sp³-hybridized carbons (Fsp3) is 0.500. The molecule has 1 aromatic rings. The molecule has 1 N–H and O–H groups in total. The summed E-state index contributed by atoms with van der Waals surface area (Å²) in [6, 6.07) is 5.14. The van der Waals surface area contributed by atoms with E-state index in [1.165, 1.54) is 10.4 Å². The van der Waals surface area contributed by atoms with Crippen LogP contribution in [0.15, 0.2) is 23.1 Å². The Labute approximate surface area is 113 Å². The van der Waals surface area contributed by atoms with Crippen molar-refractivity contribution >= 4 is 21.6 Å². The molecule has 0 radical (unpaired) electrons. The second kappa shape index (κ2) is 5.17. The third-order valence-electron chi connectivity index (χ3n) is 3.10. The third kappa shape index (κ3) is 2.69. The van der Waals surface area contributed by atoms with Crippen molar-refractivity contribution in [2.75, 3.05) is 19.6 Å². The van der Waals surface area contributed by atoms with Crippen LogP contribution in [-0.4, -0.2) is 38.4 Å². The van der Waals surface area contributed by atoms with Crippen LogP contribution in [0.5, 0.6) is 0 Å². The Kier molecular flexibility index (Phi) is 3.96. The van der Waals surface area contributed by atoms with Crippen molar-refractivity contribution in [1.29, 1.82) is 0 Å². The molecule has 0 aromatic heterocycles. The zero-order valence-electron chi connectivity index (χ0n) is 10.5. The summed E-state index contributed by atoms with van der Waals surface area (Å²) in [5.74, 6) is 0. The minimum atomic E-state index is -3.44. The van der Waals surface area contributed by atoms with Gasteiger partial charge in [-0.2, -0.15) is 4.31 Å². The highest BCUT2D eigenvalue weighted by atomic mass is 35.5. The highest BCUT2D eigenvalue weighted by molar-refractivity contribution is 7.89. The van der Waals surface area contributed by atoms with E-state index < -0.39 is 10.0 Å². The van der Waals surface area contributed by atoms with Crippen LogP contribution in [0.2, 0.25) is 5.02 Å². The monoisotopic (exact) mass is 288 g/mol. The molecule has 1 saturated heterocycles. The molecule has 6 heteroatoms. The maximum absolute atomic E-state index is 12.5. The lowest BCUT2D eigenvalue weighted by molar-refractivity contribution is 0.310. The van der Waals surface area contributed by atoms with Gasteiger partial charge in [0.1, 0.15) is 0 Å². The van der Waals surface area contributed by atoms with Crippen molar-refractivity contribution in [3.63, 3.8) is 0 Å². The Balaban J connectivity index is 2.38. The number of aryl methyl sites for hydroxylation is 1. The van der Waals surface area contributed by atoms with Crippen LogP contribution in [0.3, 0.4) is 0 Å². The number of sulfonamides is 1. The van der Waals surface area contributed by atoms with Crippen molar-refractivity contribution in [2.45, 2.75) is 24.8 Å². The summed E-state index contributed by atoms with van der Waals surface area (Å²) < 4.78 is 26.6. The molecule has 0 unspecified atom stereocenters. The topological polar surface area (TPSA) is 49.4 Å². The van der Waals surface area contributed by atoms with E-state index in [0.717, 1.165) is 5.56 Å². The molecule has 1 heterocycles. The second-order valence-electron chi connectivity index (χ2n) is 4.63. The molecule has 1 aliphatic rings. The van der Waals surface area contributed by atoms with Gasteiger partial charge in [-0.05, 0) is 31.5 Å². The number of benzene rings is 1. The van der Waals surface area contributed by atoms with E-state index in [1.54, 1.807) is 19.1 Å². The lowest BCUT2D eigenvalue weighted by atomic mass is 10.2. The number of hydrogen-bond acceptors (Lipinski definition) is 3. The Bertz CT molecular complexity index is 545. The van der Waals surface area contributed by atoms with E-state index in [0.29, 0.717) is 29.6 Å². The van der Waals surface area contributed by atoms with E-state index in [-0.39, 0.29) is 6.04 Å². The number of rotatable bonds is 2. The summed E-state index contributed by atoms with van der Waals surface area (Å²) in [5, 5.41) is 3.68. The molecule has 4 nitrogen and oxygen atoms in total. The van der Waals surface area contributed by atoms with Crippen molar-refractivity contribution in [3.05, 3.63) is 28.8 Å². The maximum Gasteiger partial charge on any atom is 0.243 e. The molecule has 0 aliphatic carbocycles. The Morgan fingerprint density at radius 2 is 2.17 bits per heavy atom. The van der Waals surface area contributed by atoms with Crippen LogP contribution >= 0.6 is 11.6 Å². The number of hydrogen-bond donors (Lipinski definition) is 1. The van der Waals surface area contributed by atoms with Gasteiger partial charge in [0.15, 0.2) is 0 Å². The van der Waals surface area contributed by atoms with Crippen LogP contribution in [0.25, 0.3) is 0 Å². The summed E-state index contributed by atoms with van der Waals surface area (Å²) >= 11 is 5.90.